The van der Waals surface area contributed by atoms with Crippen LogP contribution in [0.25, 0.3) is 0 Å². The number of carbonyl (C=O) groups is 1. The lowest BCUT2D eigenvalue weighted by atomic mass is 9.88. The van der Waals surface area contributed by atoms with Gasteiger partial charge in [-0.2, -0.15) is 0 Å². The predicted octanol–water partition coefficient (Wildman–Crippen LogP) is 3.35. The molecule has 3 aromatic rings. The number of benzene rings is 2. The van der Waals surface area contributed by atoms with Crippen LogP contribution >= 0.6 is 11.3 Å². The van der Waals surface area contributed by atoms with Gasteiger partial charge in [-0.15, -0.1) is 11.3 Å². The first-order valence-electron chi connectivity index (χ1n) is 8.44. The monoisotopic (exact) mass is 400 g/mol. The van der Waals surface area contributed by atoms with E-state index in [0.29, 0.717) is 12.1 Å². The summed E-state index contributed by atoms with van der Waals surface area (Å²) >= 11 is 0.945. The molecular formula is C20H20N2O3S2. The minimum atomic E-state index is -3.78. The number of sulfonamides is 1. The van der Waals surface area contributed by atoms with Crippen molar-refractivity contribution in [1.29, 1.82) is 0 Å². The molecule has 0 saturated carbocycles. The summed E-state index contributed by atoms with van der Waals surface area (Å²) < 4.78 is 22.7. The Morgan fingerprint density at radius 2 is 1.56 bits per heavy atom. The van der Waals surface area contributed by atoms with Crippen LogP contribution in [-0.4, -0.2) is 20.9 Å². The van der Waals surface area contributed by atoms with Crippen molar-refractivity contribution in [2.45, 2.75) is 16.5 Å². The van der Waals surface area contributed by atoms with Gasteiger partial charge in [0.05, 0.1) is 5.56 Å². The maximum atomic E-state index is 12.3. The largest absolute Gasteiger partial charge is 0.352 e. The normalized spacial score (nSPS) is 11.5. The molecule has 0 atom stereocenters. The lowest BCUT2D eigenvalue weighted by Gasteiger charge is -2.18. The van der Waals surface area contributed by atoms with Crippen LogP contribution in [0.2, 0.25) is 0 Å². The van der Waals surface area contributed by atoms with Gasteiger partial charge >= 0.3 is 0 Å². The molecule has 5 nitrogen and oxygen atoms in total. The molecule has 7 heteroatoms. The van der Waals surface area contributed by atoms with E-state index in [4.69, 9.17) is 5.14 Å². The fraction of sp³-hybridized carbons (Fsp3) is 0.150. The van der Waals surface area contributed by atoms with Crippen LogP contribution in [-0.2, 0) is 10.0 Å². The molecule has 0 aliphatic rings. The van der Waals surface area contributed by atoms with Crippen molar-refractivity contribution in [2.24, 2.45) is 5.14 Å². The van der Waals surface area contributed by atoms with E-state index in [1.165, 1.54) is 22.6 Å². The highest BCUT2D eigenvalue weighted by atomic mass is 32.2. The SMILES string of the molecule is NS(=O)(=O)c1cc(C(=O)NCCC(c2ccccc2)c2ccccc2)cs1. The summed E-state index contributed by atoms with van der Waals surface area (Å²) in [6, 6.07) is 21.6. The predicted molar refractivity (Wildman–Crippen MR) is 107 cm³/mol. The highest BCUT2D eigenvalue weighted by molar-refractivity contribution is 7.91. The van der Waals surface area contributed by atoms with Crippen LogP contribution in [0.1, 0.15) is 33.8 Å². The Kier molecular flexibility index (Phi) is 6.05. The third kappa shape index (κ3) is 5.03. The van der Waals surface area contributed by atoms with Crippen molar-refractivity contribution >= 4 is 27.3 Å². The van der Waals surface area contributed by atoms with E-state index >= 15 is 0 Å². The summed E-state index contributed by atoms with van der Waals surface area (Å²) in [7, 11) is -3.78. The van der Waals surface area contributed by atoms with E-state index < -0.39 is 10.0 Å². The summed E-state index contributed by atoms with van der Waals surface area (Å²) in [6.45, 7) is 0.466. The Hall–Kier alpha value is -2.48. The van der Waals surface area contributed by atoms with Gasteiger partial charge in [0, 0.05) is 17.8 Å². The summed E-state index contributed by atoms with van der Waals surface area (Å²) in [5.41, 5.74) is 2.68. The molecular weight excluding hydrogens is 380 g/mol. The average molecular weight is 401 g/mol. The molecule has 3 N–H and O–H groups in total. The molecule has 1 aromatic heterocycles. The van der Waals surface area contributed by atoms with E-state index in [1.54, 1.807) is 0 Å². The van der Waals surface area contributed by atoms with E-state index in [-0.39, 0.29) is 16.0 Å². The lowest BCUT2D eigenvalue weighted by Crippen LogP contribution is -2.25. The maximum Gasteiger partial charge on any atom is 0.252 e. The number of rotatable bonds is 7. The minimum absolute atomic E-state index is 0.0147. The molecule has 0 spiro atoms. The van der Waals surface area contributed by atoms with Crippen molar-refractivity contribution in [1.82, 2.24) is 5.32 Å². The van der Waals surface area contributed by atoms with Gasteiger partial charge in [0.25, 0.3) is 5.91 Å². The van der Waals surface area contributed by atoms with Gasteiger partial charge in [0.2, 0.25) is 10.0 Å². The zero-order chi connectivity index (χ0) is 19.3. The first kappa shape index (κ1) is 19.3. The highest BCUT2D eigenvalue weighted by Crippen LogP contribution is 2.27. The van der Waals surface area contributed by atoms with E-state index in [1.807, 2.05) is 36.4 Å². The van der Waals surface area contributed by atoms with Gasteiger partial charge in [-0.1, -0.05) is 60.7 Å². The Balaban J connectivity index is 1.68. The second-order valence-corrected chi connectivity index (χ2v) is 8.82. The molecule has 0 aliphatic heterocycles. The topological polar surface area (TPSA) is 89.3 Å². The van der Waals surface area contributed by atoms with Gasteiger partial charge in [-0.3, -0.25) is 4.79 Å². The highest BCUT2D eigenvalue weighted by Gasteiger charge is 2.17. The van der Waals surface area contributed by atoms with Crippen molar-refractivity contribution in [3.63, 3.8) is 0 Å². The van der Waals surface area contributed by atoms with Crippen molar-refractivity contribution < 1.29 is 13.2 Å². The molecule has 1 heterocycles. The third-order valence-electron chi connectivity index (χ3n) is 4.24. The Morgan fingerprint density at radius 3 is 2.04 bits per heavy atom. The Bertz CT molecular complexity index is 960. The molecule has 140 valence electrons. The van der Waals surface area contributed by atoms with Crippen molar-refractivity contribution in [3.8, 4) is 0 Å². The molecule has 0 bridgehead atoms. The number of thiophene rings is 1. The summed E-state index contributed by atoms with van der Waals surface area (Å²) in [5, 5.41) is 9.46. The number of nitrogens with two attached hydrogens (primary N) is 1. The summed E-state index contributed by atoms with van der Waals surface area (Å²) in [4.78, 5) is 12.3. The van der Waals surface area contributed by atoms with Crippen LogP contribution < -0.4 is 10.5 Å². The second kappa shape index (κ2) is 8.47. The van der Waals surface area contributed by atoms with Crippen LogP contribution in [0.4, 0.5) is 0 Å². The number of carbonyl (C=O) groups excluding carboxylic acids is 1. The molecule has 0 unspecified atom stereocenters. The van der Waals surface area contributed by atoms with Gasteiger partial charge in [-0.05, 0) is 23.6 Å². The zero-order valence-corrected chi connectivity index (χ0v) is 16.2. The van der Waals surface area contributed by atoms with Gasteiger partial charge in [0.1, 0.15) is 4.21 Å². The number of hydrogen-bond donors (Lipinski definition) is 2. The molecule has 0 saturated heterocycles. The van der Waals surface area contributed by atoms with Crippen LogP contribution in [0.3, 0.4) is 0 Å². The summed E-state index contributed by atoms with van der Waals surface area (Å²) in [6.07, 6.45) is 0.728. The van der Waals surface area contributed by atoms with Crippen LogP contribution in [0.15, 0.2) is 76.3 Å². The molecule has 3 rings (SSSR count). The van der Waals surface area contributed by atoms with E-state index in [9.17, 15) is 13.2 Å². The zero-order valence-electron chi connectivity index (χ0n) is 14.5. The second-order valence-electron chi connectivity index (χ2n) is 6.12. The molecule has 0 fully saturated rings. The number of primary sulfonamides is 1. The average Bonchev–Trinajstić information content (AvgIpc) is 3.17. The Morgan fingerprint density at radius 1 is 1.00 bits per heavy atom. The lowest BCUT2D eigenvalue weighted by molar-refractivity contribution is 0.0953. The van der Waals surface area contributed by atoms with Crippen LogP contribution in [0, 0.1) is 0 Å². The van der Waals surface area contributed by atoms with Crippen molar-refractivity contribution in [3.05, 3.63) is 88.8 Å². The van der Waals surface area contributed by atoms with Gasteiger partial charge in [0.15, 0.2) is 0 Å². The van der Waals surface area contributed by atoms with Gasteiger partial charge < -0.3 is 5.32 Å². The summed E-state index contributed by atoms with van der Waals surface area (Å²) in [5.74, 6) is -0.142. The van der Waals surface area contributed by atoms with Gasteiger partial charge in [-0.25, -0.2) is 13.6 Å². The molecule has 2 aromatic carbocycles. The molecule has 1 amide bonds. The standard InChI is InChI=1S/C20H20N2O3S2/c21-27(24,25)19-13-17(14-26-19)20(23)22-12-11-18(15-7-3-1-4-8-15)16-9-5-2-6-10-16/h1-10,13-14,18H,11-12H2,(H,22,23)(H2,21,24,25). The quantitative estimate of drug-likeness (QED) is 0.637. The first-order valence-corrected chi connectivity index (χ1v) is 10.9. The molecule has 0 aliphatic carbocycles. The first-order chi connectivity index (χ1) is 12.9. The van der Waals surface area contributed by atoms with E-state index in [0.717, 1.165) is 17.8 Å². The van der Waals surface area contributed by atoms with E-state index in [2.05, 4.69) is 29.6 Å². The number of nitrogens with one attached hydrogen (secondary N) is 1. The number of amides is 1. The minimum Gasteiger partial charge on any atom is -0.352 e. The number of hydrogen-bond acceptors (Lipinski definition) is 4. The Labute approximate surface area is 162 Å². The fourth-order valence-corrected chi connectivity index (χ4v) is 4.50. The smallest absolute Gasteiger partial charge is 0.252 e. The third-order valence-corrected chi connectivity index (χ3v) is 6.63. The van der Waals surface area contributed by atoms with Crippen molar-refractivity contribution in [2.75, 3.05) is 6.54 Å². The molecule has 0 radical (unpaired) electrons. The molecule has 27 heavy (non-hydrogen) atoms. The fourth-order valence-electron chi connectivity index (χ4n) is 2.91. The maximum absolute atomic E-state index is 12.3. The van der Waals surface area contributed by atoms with Crippen LogP contribution in [0.5, 0.6) is 0 Å².